The lowest BCUT2D eigenvalue weighted by atomic mass is 10.1. The third-order valence-corrected chi connectivity index (χ3v) is 3.87. The van der Waals surface area contributed by atoms with Crippen molar-refractivity contribution in [1.29, 1.82) is 0 Å². The molecule has 0 fully saturated rings. The van der Waals surface area contributed by atoms with Gasteiger partial charge in [-0.1, -0.05) is 0 Å². The van der Waals surface area contributed by atoms with Crippen LogP contribution in [0.1, 0.15) is 17.3 Å². The smallest absolute Gasteiger partial charge is 0.221 e. The van der Waals surface area contributed by atoms with Crippen LogP contribution in [-0.2, 0) is 14.6 Å². The first-order valence-electron chi connectivity index (χ1n) is 5.65. The summed E-state index contributed by atoms with van der Waals surface area (Å²) in [7, 11) is -3.45. The lowest BCUT2D eigenvalue weighted by Crippen LogP contribution is -2.23. The maximum absolute atomic E-state index is 11.8. The minimum atomic E-state index is -3.45. The Morgan fingerprint density at radius 2 is 1.79 bits per heavy atom. The van der Waals surface area contributed by atoms with Crippen molar-refractivity contribution in [3.63, 3.8) is 0 Å². The van der Waals surface area contributed by atoms with Crippen molar-refractivity contribution < 1.29 is 18.0 Å². The molecule has 0 unspecified atom stereocenters. The predicted molar refractivity (Wildman–Crippen MR) is 72.8 cm³/mol. The first-order valence-corrected chi connectivity index (χ1v) is 7.47. The van der Waals surface area contributed by atoms with Crippen LogP contribution in [0.4, 0.5) is 5.69 Å². The monoisotopic (exact) mass is 284 g/mol. The molecule has 0 heterocycles. The standard InChI is InChI=1S/C12H16N2O4S/c1-9(15)14-11-4-2-10(3-5-11)12(16)8-19(17,18)7-6-13/h2-5H,6-8,13H2,1H3,(H,14,15). The second-order valence-electron chi connectivity index (χ2n) is 4.06. The number of ketones is 1. The van der Waals surface area contributed by atoms with Gasteiger partial charge in [-0.2, -0.15) is 0 Å². The van der Waals surface area contributed by atoms with Gasteiger partial charge >= 0.3 is 0 Å². The van der Waals surface area contributed by atoms with Crippen LogP contribution >= 0.6 is 0 Å². The summed E-state index contributed by atoms with van der Waals surface area (Å²) in [5.74, 6) is -1.46. The molecule has 0 aliphatic rings. The van der Waals surface area contributed by atoms with E-state index in [2.05, 4.69) is 5.32 Å². The number of benzene rings is 1. The molecule has 0 aromatic heterocycles. The number of amides is 1. The van der Waals surface area contributed by atoms with Gasteiger partial charge in [-0.15, -0.1) is 0 Å². The van der Waals surface area contributed by atoms with Crippen molar-refractivity contribution in [3.05, 3.63) is 29.8 Å². The predicted octanol–water partition coefficient (Wildman–Crippen LogP) is 0.201. The average molecular weight is 284 g/mol. The molecule has 19 heavy (non-hydrogen) atoms. The lowest BCUT2D eigenvalue weighted by molar-refractivity contribution is -0.114. The molecule has 3 N–H and O–H groups in total. The molecule has 0 atom stereocenters. The summed E-state index contributed by atoms with van der Waals surface area (Å²) in [6.07, 6.45) is 0. The first kappa shape index (κ1) is 15.3. The molecule has 1 rings (SSSR count). The summed E-state index contributed by atoms with van der Waals surface area (Å²) < 4.78 is 22.9. The third kappa shape index (κ3) is 5.19. The molecule has 7 heteroatoms. The molecule has 1 aromatic carbocycles. The summed E-state index contributed by atoms with van der Waals surface area (Å²) in [6, 6.07) is 6.05. The maximum atomic E-state index is 11.8. The number of rotatable bonds is 6. The van der Waals surface area contributed by atoms with E-state index < -0.39 is 21.4 Å². The minimum Gasteiger partial charge on any atom is -0.329 e. The van der Waals surface area contributed by atoms with Crippen molar-refractivity contribution >= 4 is 27.2 Å². The number of sulfone groups is 1. The van der Waals surface area contributed by atoms with Crippen LogP contribution in [0.25, 0.3) is 0 Å². The zero-order chi connectivity index (χ0) is 14.5. The third-order valence-electron chi connectivity index (χ3n) is 2.31. The van der Waals surface area contributed by atoms with E-state index in [9.17, 15) is 18.0 Å². The van der Waals surface area contributed by atoms with Crippen molar-refractivity contribution in [2.45, 2.75) is 6.92 Å². The van der Waals surface area contributed by atoms with Crippen LogP contribution < -0.4 is 11.1 Å². The normalized spacial score (nSPS) is 11.1. The van der Waals surface area contributed by atoms with Gasteiger partial charge in [-0.25, -0.2) is 8.42 Å². The number of nitrogens with two attached hydrogens (primary N) is 1. The molecular weight excluding hydrogens is 268 g/mol. The minimum absolute atomic E-state index is 0.00289. The van der Waals surface area contributed by atoms with Gasteiger partial charge in [0.1, 0.15) is 5.75 Å². The van der Waals surface area contributed by atoms with E-state index in [-0.39, 0.29) is 23.8 Å². The van der Waals surface area contributed by atoms with Crippen molar-refractivity contribution in [3.8, 4) is 0 Å². The van der Waals surface area contributed by atoms with E-state index >= 15 is 0 Å². The molecule has 104 valence electrons. The van der Waals surface area contributed by atoms with E-state index in [1.165, 1.54) is 19.1 Å². The van der Waals surface area contributed by atoms with Crippen LogP contribution in [0, 0.1) is 0 Å². The Hall–Kier alpha value is -1.73. The number of hydrogen-bond donors (Lipinski definition) is 2. The number of hydrogen-bond acceptors (Lipinski definition) is 5. The van der Waals surface area contributed by atoms with Gasteiger partial charge in [0.15, 0.2) is 15.6 Å². The zero-order valence-electron chi connectivity index (χ0n) is 10.5. The fraction of sp³-hybridized carbons (Fsp3) is 0.333. The van der Waals surface area contributed by atoms with Gasteiger partial charge in [0, 0.05) is 24.7 Å². The summed E-state index contributed by atoms with van der Waals surface area (Å²) in [4.78, 5) is 22.6. The van der Waals surface area contributed by atoms with Gasteiger partial charge in [0.25, 0.3) is 0 Å². The zero-order valence-corrected chi connectivity index (χ0v) is 11.4. The van der Waals surface area contributed by atoms with E-state index in [4.69, 9.17) is 5.73 Å². The highest BCUT2D eigenvalue weighted by atomic mass is 32.2. The molecule has 0 saturated heterocycles. The van der Waals surface area contributed by atoms with E-state index in [1.807, 2.05) is 0 Å². The summed E-state index contributed by atoms with van der Waals surface area (Å²) in [6.45, 7) is 1.37. The molecular formula is C12H16N2O4S. The second kappa shape index (κ2) is 6.44. The average Bonchev–Trinajstić information content (AvgIpc) is 2.28. The SMILES string of the molecule is CC(=O)Nc1ccc(C(=O)CS(=O)(=O)CCN)cc1. The molecule has 0 radical (unpaired) electrons. The van der Waals surface area contributed by atoms with E-state index in [0.717, 1.165) is 0 Å². The number of carbonyl (C=O) groups excluding carboxylic acids is 2. The van der Waals surface area contributed by atoms with Gasteiger partial charge in [0.2, 0.25) is 5.91 Å². The highest BCUT2D eigenvalue weighted by molar-refractivity contribution is 7.92. The van der Waals surface area contributed by atoms with Crippen molar-refractivity contribution in [2.75, 3.05) is 23.4 Å². The Labute approximate surface area is 111 Å². The second-order valence-corrected chi connectivity index (χ2v) is 6.25. The number of anilines is 1. The van der Waals surface area contributed by atoms with Crippen LogP contribution in [0.15, 0.2) is 24.3 Å². The Balaban J connectivity index is 2.76. The summed E-state index contributed by atoms with van der Waals surface area (Å²) in [5.41, 5.74) is 6.00. The molecule has 0 saturated carbocycles. The van der Waals surface area contributed by atoms with E-state index in [0.29, 0.717) is 5.69 Å². The Morgan fingerprint density at radius 1 is 1.21 bits per heavy atom. The highest BCUT2D eigenvalue weighted by Gasteiger charge is 2.17. The molecule has 0 bridgehead atoms. The number of nitrogens with one attached hydrogen (secondary N) is 1. The van der Waals surface area contributed by atoms with E-state index in [1.54, 1.807) is 12.1 Å². The number of carbonyl (C=O) groups is 2. The van der Waals surface area contributed by atoms with Gasteiger partial charge in [-0.3, -0.25) is 9.59 Å². The van der Waals surface area contributed by atoms with Crippen LogP contribution in [0.5, 0.6) is 0 Å². The Morgan fingerprint density at radius 3 is 2.26 bits per heavy atom. The van der Waals surface area contributed by atoms with Gasteiger partial charge in [0.05, 0.1) is 5.75 Å². The fourth-order valence-corrected chi connectivity index (χ4v) is 2.55. The van der Waals surface area contributed by atoms with Gasteiger partial charge in [-0.05, 0) is 24.3 Å². The summed E-state index contributed by atoms with van der Waals surface area (Å²) >= 11 is 0. The fourth-order valence-electron chi connectivity index (χ4n) is 1.48. The molecule has 1 amide bonds. The molecule has 6 nitrogen and oxygen atoms in total. The topological polar surface area (TPSA) is 106 Å². The van der Waals surface area contributed by atoms with Gasteiger partial charge < -0.3 is 11.1 Å². The van der Waals surface area contributed by atoms with Crippen molar-refractivity contribution in [2.24, 2.45) is 5.73 Å². The molecule has 0 spiro atoms. The van der Waals surface area contributed by atoms with Crippen molar-refractivity contribution in [1.82, 2.24) is 0 Å². The molecule has 0 aliphatic heterocycles. The maximum Gasteiger partial charge on any atom is 0.221 e. The first-order chi connectivity index (χ1) is 8.84. The van der Waals surface area contributed by atoms with Crippen LogP contribution in [0.3, 0.4) is 0 Å². The van der Waals surface area contributed by atoms with Crippen LogP contribution in [0.2, 0.25) is 0 Å². The lowest BCUT2D eigenvalue weighted by Gasteiger charge is -2.05. The largest absolute Gasteiger partial charge is 0.329 e. The number of Topliss-reactive ketones (excluding diaryl/α,β-unsaturated/α-hetero) is 1. The Kier molecular flexibility index (Phi) is 5.20. The molecule has 1 aromatic rings. The Bertz CT molecular complexity index is 564. The quantitative estimate of drug-likeness (QED) is 0.726. The summed E-state index contributed by atoms with van der Waals surface area (Å²) in [5, 5.41) is 2.55. The molecule has 0 aliphatic carbocycles. The highest BCUT2D eigenvalue weighted by Crippen LogP contribution is 2.11. The van der Waals surface area contributed by atoms with Crippen LogP contribution in [-0.4, -0.2) is 38.2 Å².